The van der Waals surface area contributed by atoms with Gasteiger partial charge in [0.05, 0.1) is 6.54 Å². The minimum atomic E-state index is -4.61. The summed E-state index contributed by atoms with van der Waals surface area (Å²) in [6.45, 7) is 1.50. The zero-order valence-electron chi connectivity index (χ0n) is 11.1. The second-order valence-electron chi connectivity index (χ2n) is 5.70. The first kappa shape index (κ1) is 13.6. The summed E-state index contributed by atoms with van der Waals surface area (Å²) in [4.78, 5) is 10.2. The first-order valence-electron chi connectivity index (χ1n) is 6.68. The summed E-state index contributed by atoms with van der Waals surface area (Å²) in [7, 11) is 0. The Labute approximate surface area is 114 Å². The number of aryl methyl sites for hydroxylation is 1. The largest absolute Gasteiger partial charge is 0.418 e. The molecule has 7 heteroatoms. The molecule has 20 heavy (non-hydrogen) atoms. The zero-order valence-corrected chi connectivity index (χ0v) is 11.1. The van der Waals surface area contributed by atoms with Crippen LogP contribution in [0.5, 0.6) is 0 Å². The van der Waals surface area contributed by atoms with Gasteiger partial charge in [-0.1, -0.05) is 0 Å². The lowest BCUT2D eigenvalue weighted by Gasteiger charge is -2.26. The third-order valence-electron chi connectivity index (χ3n) is 3.90. The number of alkyl halides is 3. The van der Waals surface area contributed by atoms with Crippen molar-refractivity contribution in [3.63, 3.8) is 0 Å². The molecule has 2 aliphatic rings. The van der Waals surface area contributed by atoms with E-state index in [0.717, 1.165) is 18.5 Å². The molecule has 1 aliphatic heterocycles. The van der Waals surface area contributed by atoms with Crippen molar-refractivity contribution in [2.75, 3.05) is 18.0 Å². The van der Waals surface area contributed by atoms with Crippen LogP contribution >= 0.6 is 0 Å². The number of aromatic nitrogens is 2. The van der Waals surface area contributed by atoms with Gasteiger partial charge in [0.25, 0.3) is 0 Å². The monoisotopic (exact) mass is 287 g/mol. The van der Waals surface area contributed by atoms with Gasteiger partial charge in [0, 0.05) is 30.6 Å². The maximum Gasteiger partial charge on any atom is 0.418 e. The Kier molecular flexibility index (Phi) is 2.93. The first-order valence-corrected chi connectivity index (χ1v) is 6.68. The predicted molar refractivity (Wildman–Crippen MR) is 66.6 cm³/mol. The fourth-order valence-electron chi connectivity index (χ4n) is 2.48. The molecule has 1 N–H and O–H groups in total. The van der Waals surface area contributed by atoms with Crippen LogP contribution in [-0.4, -0.2) is 39.9 Å². The quantitative estimate of drug-likeness (QED) is 0.905. The Hall–Kier alpha value is -1.37. The Bertz CT molecular complexity index is 530. The summed E-state index contributed by atoms with van der Waals surface area (Å²) in [6.07, 6.45) is -2.85. The molecule has 1 atom stereocenters. The van der Waals surface area contributed by atoms with E-state index in [1.165, 1.54) is 4.90 Å². The lowest BCUT2D eigenvalue weighted by atomic mass is 10.0. The van der Waals surface area contributed by atoms with Crippen LogP contribution < -0.4 is 4.90 Å². The van der Waals surface area contributed by atoms with Crippen LogP contribution in [-0.2, 0) is 0 Å². The van der Waals surface area contributed by atoms with Gasteiger partial charge in [0.15, 0.2) is 5.60 Å². The predicted octanol–water partition coefficient (Wildman–Crippen LogP) is 2.17. The van der Waals surface area contributed by atoms with Gasteiger partial charge in [0.1, 0.15) is 11.6 Å². The Morgan fingerprint density at radius 2 is 2.05 bits per heavy atom. The highest BCUT2D eigenvalue weighted by Crippen LogP contribution is 2.41. The van der Waals surface area contributed by atoms with Gasteiger partial charge in [-0.3, -0.25) is 0 Å². The van der Waals surface area contributed by atoms with E-state index in [4.69, 9.17) is 0 Å². The number of hydrogen-bond acceptors (Lipinski definition) is 4. The molecule has 1 aromatic heterocycles. The van der Waals surface area contributed by atoms with E-state index in [1.54, 1.807) is 6.07 Å². The van der Waals surface area contributed by atoms with Crippen molar-refractivity contribution in [2.45, 2.75) is 43.9 Å². The van der Waals surface area contributed by atoms with E-state index in [0.29, 0.717) is 17.6 Å². The molecule has 0 radical (unpaired) electrons. The number of aliphatic hydroxyl groups is 1. The van der Waals surface area contributed by atoms with Crippen LogP contribution in [0.2, 0.25) is 0 Å². The molecule has 1 saturated heterocycles. The summed E-state index contributed by atoms with van der Waals surface area (Å²) < 4.78 is 38.5. The second-order valence-corrected chi connectivity index (χ2v) is 5.70. The average Bonchev–Trinajstić information content (AvgIpc) is 3.10. The van der Waals surface area contributed by atoms with Gasteiger partial charge in [0.2, 0.25) is 0 Å². The second kappa shape index (κ2) is 4.31. The smallest absolute Gasteiger partial charge is 0.379 e. The Morgan fingerprint density at radius 1 is 1.35 bits per heavy atom. The van der Waals surface area contributed by atoms with Crippen molar-refractivity contribution in [2.24, 2.45) is 0 Å². The summed E-state index contributed by atoms with van der Waals surface area (Å²) in [5, 5.41) is 9.71. The first-order chi connectivity index (χ1) is 9.28. The van der Waals surface area contributed by atoms with Crippen LogP contribution in [0, 0.1) is 6.92 Å². The molecule has 0 spiro atoms. The normalized spacial score (nSPS) is 27.1. The van der Waals surface area contributed by atoms with Crippen LogP contribution in [0.1, 0.15) is 36.7 Å². The number of hydrogen-bond donors (Lipinski definition) is 1. The highest BCUT2D eigenvalue weighted by molar-refractivity contribution is 5.43. The van der Waals surface area contributed by atoms with E-state index < -0.39 is 18.3 Å². The molecule has 0 unspecified atom stereocenters. The number of halogens is 3. The Morgan fingerprint density at radius 3 is 2.60 bits per heavy atom. The number of anilines is 1. The third-order valence-corrected chi connectivity index (χ3v) is 3.90. The lowest BCUT2D eigenvalue weighted by Crippen LogP contribution is -2.47. The third kappa shape index (κ3) is 2.34. The molecule has 3 rings (SSSR count). The molecule has 1 saturated carbocycles. The number of rotatable bonds is 2. The fourth-order valence-corrected chi connectivity index (χ4v) is 2.48. The van der Waals surface area contributed by atoms with E-state index in [2.05, 4.69) is 9.97 Å². The SMILES string of the molecule is Cc1cc(N2CC[C@@](O)(C(F)(F)F)C2)nc(C2CC2)n1. The molecule has 1 aliphatic carbocycles. The summed E-state index contributed by atoms with van der Waals surface area (Å²) in [5.74, 6) is 1.54. The summed E-state index contributed by atoms with van der Waals surface area (Å²) >= 11 is 0. The molecule has 0 amide bonds. The topological polar surface area (TPSA) is 49.2 Å². The molecule has 2 heterocycles. The van der Waals surface area contributed by atoms with Crippen molar-refractivity contribution in [1.29, 1.82) is 0 Å². The highest BCUT2D eigenvalue weighted by Gasteiger charge is 2.57. The fraction of sp³-hybridized carbons (Fsp3) is 0.692. The molecule has 2 fully saturated rings. The van der Waals surface area contributed by atoms with Gasteiger partial charge in [-0.25, -0.2) is 9.97 Å². The van der Waals surface area contributed by atoms with Crippen molar-refractivity contribution in [3.8, 4) is 0 Å². The van der Waals surface area contributed by atoms with Gasteiger partial charge < -0.3 is 10.0 Å². The average molecular weight is 287 g/mol. The molecule has 0 bridgehead atoms. The highest BCUT2D eigenvalue weighted by atomic mass is 19.4. The minimum Gasteiger partial charge on any atom is -0.379 e. The van der Waals surface area contributed by atoms with E-state index >= 15 is 0 Å². The van der Waals surface area contributed by atoms with Gasteiger partial charge in [-0.15, -0.1) is 0 Å². The molecule has 1 aromatic rings. The maximum atomic E-state index is 12.8. The number of nitrogens with zero attached hydrogens (tertiary/aromatic N) is 3. The minimum absolute atomic E-state index is 0.149. The number of β-amino-alcohol motifs (C(OH)–C–C–N with tert-alkyl or cyclic N) is 1. The van der Waals surface area contributed by atoms with Gasteiger partial charge >= 0.3 is 6.18 Å². The summed E-state index contributed by atoms with van der Waals surface area (Å²) in [6, 6.07) is 1.67. The molecule has 110 valence electrons. The zero-order chi connectivity index (χ0) is 14.5. The Balaban J connectivity index is 1.84. The molecule has 0 aromatic carbocycles. The molecular weight excluding hydrogens is 271 g/mol. The molecule has 4 nitrogen and oxygen atoms in total. The van der Waals surface area contributed by atoms with E-state index in [-0.39, 0.29) is 13.0 Å². The van der Waals surface area contributed by atoms with Crippen molar-refractivity contribution in [3.05, 3.63) is 17.6 Å². The lowest BCUT2D eigenvalue weighted by molar-refractivity contribution is -0.250. The van der Waals surface area contributed by atoms with Crippen LogP contribution in [0.3, 0.4) is 0 Å². The molecular formula is C13H16F3N3O. The van der Waals surface area contributed by atoms with Crippen molar-refractivity contribution >= 4 is 5.82 Å². The van der Waals surface area contributed by atoms with Crippen LogP contribution in [0.4, 0.5) is 19.0 Å². The van der Waals surface area contributed by atoms with Crippen molar-refractivity contribution in [1.82, 2.24) is 9.97 Å². The van der Waals surface area contributed by atoms with E-state index in [1.807, 2.05) is 6.92 Å². The van der Waals surface area contributed by atoms with E-state index in [9.17, 15) is 18.3 Å². The van der Waals surface area contributed by atoms with Gasteiger partial charge in [-0.05, 0) is 19.8 Å². The maximum absolute atomic E-state index is 12.8. The summed E-state index contributed by atoms with van der Waals surface area (Å²) in [5.41, 5.74) is -1.88. The van der Waals surface area contributed by atoms with Crippen LogP contribution in [0.15, 0.2) is 6.07 Å². The van der Waals surface area contributed by atoms with Gasteiger partial charge in [-0.2, -0.15) is 13.2 Å². The van der Waals surface area contributed by atoms with Crippen molar-refractivity contribution < 1.29 is 18.3 Å². The van der Waals surface area contributed by atoms with Crippen LogP contribution in [0.25, 0.3) is 0 Å². The standard InChI is InChI=1S/C13H16F3N3O/c1-8-6-10(18-11(17-8)9-2-3-9)19-5-4-12(20,7-19)13(14,15)16/h6,9,20H,2-5,7H2,1H3/t12-/m0/s1.